The van der Waals surface area contributed by atoms with Crippen molar-refractivity contribution in [3.05, 3.63) is 88.6 Å². The number of nitrogens with zero attached hydrogens (tertiary/aromatic N) is 4. The van der Waals surface area contributed by atoms with Gasteiger partial charge in [0.1, 0.15) is 16.8 Å². The van der Waals surface area contributed by atoms with Crippen molar-refractivity contribution in [3.8, 4) is 5.75 Å². The molecule has 1 unspecified atom stereocenters. The molecule has 59 heavy (non-hydrogen) atoms. The van der Waals surface area contributed by atoms with E-state index < -0.39 is 13.6 Å². The van der Waals surface area contributed by atoms with Crippen LogP contribution in [0.4, 0.5) is 28.8 Å². The smallest absolute Gasteiger partial charge is 0.362 e. The van der Waals surface area contributed by atoms with Crippen LogP contribution in [0.5, 0.6) is 5.75 Å². The van der Waals surface area contributed by atoms with Crippen LogP contribution < -0.4 is 36.2 Å². The Labute approximate surface area is 349 Å². The molecule has 0 spiro atoms. The summed E-state index contributed by atoms with van der Waals surface area (Å²) < 4.78 is 29.4. The number of methoxy groups -OCH3 is 1. The van der Waals surface area contributed by atoms with Crippen molar-refractivity contribution in [1.82, 2.24) is 25.5 Å². The highest BCUT2D eigenvalue weighted by Gasteiger charge is 2.39. The zero-order valence-electron chi connectivity index (χ0n) is 33.5. The number of para-hydroxylation sites is 1. The molecule has 312 valence electrons. The number of carbonyl (C=O) groups excluding carboxylic acids is 3. The molecule has 0 bridgehead atoms. The average Bonchev–Trinajstić information content (AvgIpc) is 3.59. The van der Waals surface area contributed by atoms with Crippen LogP contribution in [-0.2, 0) is 36.2 Å². The van der Waals surface area contributed by atoms with Gasteiger partial charge in [0.05, 0.1) is 30.0 Å². The molecule has 4 heterocycles. The van der Waals surface area contributed by atoms with Gasteiger partial charge in [-0.25, -0.2) is 4.98 Å². The van der Waals surface area contributed by atoms with E-state index in [-0.39, 0.29) is 35.1 Å². The predicted octanol–water partition coefficient (Wildman–Crippen LogP) is 6.47. The molecule has 3 amide bonds. The van der Waals surface area contributed by atoms with Crippen molar-refractivity contribution in [2.45, 2.75) is 70.0 Å². The van der Waals surface area contributed by atoms with Crippen LogP contribution in [0.2, 0.25) is 5.02 Å². The van der Waals surface area contributed by atoms with Crippen molar-refractivity contribution in [2.75, 3.05) is 56.5 Å². The standard InChI is InChI=1S/C42H50ClN8O7P/c1-56-36-24-29(15-16-33(36)47-42-45-25-32(43)39(49-42)46-34-13-6-7-14-37(34)59(55,57-2)58-3)50-22-19-28(20-23-50)44-21-8-4-5-10-27-11-9-12-30-31(27)26-51(41(30)54)35-17-18-38(52)48-40(35)53/h6-7,9,11-16,24-25,28,35,44H,4-5,8,10,17-23,26H2,1-3H3,(H,48,52,53)(H2,45,46,47,49). The van der Waals surface area contributed by atoms with Gasteiger partial charge in [0.25, 0.3) is 5.91 Å². The fourth-order valence-electron chi connectivity index (χ4n) is 7.98. The number of amides is 3. The second kappa shape index (κ2) is 18.9. The van der Waals surface area contributed by atoms with Gasteiger partial charge in [-0.05, 0) is 86.5 Å². The predicted molar refractivity (Wildman–Crippen MR) is 228 cm³/mol. The minimum atomic E-state index is -3.56. The van der Waals surface area contributed by atoms with E-state index in [1.807, 2.05) is 24.3 Å². The number of fused-ring (bicyclic) bond motifs is 1. The lowest BCUT2D eigenvalue weighted by Crippen LogP contribution is -2.52. The average molecular weight is 845 g/mol. The van der Waals surface area contributed by atoms with E-state index in [1.165, 1.54) is 20.4 Å². The minimum Gasteiger partial charge on any atom is -0.494 e. The normalized spacial score (nSPS) is 17.2. The first-order valence-electron chi connectivity index (χ1n) is 19.9. The zero-order valence-corrected chi connectivity index (χ0v) is 35.1. The number of unbranched alkanes of at least 4 members (excludes halogenated alkanes) is 2. The lowest BCUT2D eigenvalue weighted by molar-refractivity contribution is -0.136. The summed E-state index contributed by atoms with van der Waals surface area (Å²) in [5, 5.41) is 13.1. The summed E-state index contributed by atoms with van der Waals surface area (Å²) in [7, 11) is 0.730. The van der Waals surface area contributed by atoms with Gasteiger partial charge < -0.3 is 39.5 Å². The number of aryl methyl sites for hydroxylation is 1. The molecule has 0 radical (unpaired) electrons. The fourth-order valence-corrected chi connectivity index (χ4v) is 9.36. The molecule has 7 rings (SSSR count). The summed E-state index contributed by atoms with van der Waals surface area (Å²) in [5.41, 5.74) is 5.07. The maximum Gasteiger partial charge on any atom is 0.362 e. The summed E-state index contributed by atoms with van der Waals surface area (Å²) in [5.74, 6) is 0.438. The van der Waals surface area contributed by atoms with Crippen LogP contribution in [0, 0.1) is 0 Å². The van der Waals surface area contributed by atoms with E-state index in [0.717, 1.165) is 75.0 Å². The number of piperidine rings is 2. The third kappa shape index (κ3) is 9.55. The highest BCUT2D eigenvalue weighted by molar-refractivity contribution is 7.62. The number of imide groups is 1. The van der Waals surface area contributed by atoms with Crippen molar-refractivity contribution in [3.63, 3.8) is 0 Å². The molecule has 3 aromatic carbocycles. The Morgan fingerprint density at radius 3 is 2.47 bits per heavy atom. The molecule has 4 aromatic rings. The third-order valence-electron chi connectivity index (χ3n) is 11.2. The molecule has 4 N–H and O–H groups in total. The summed E-state index contributed by atoms with van der Waals surface area (Å²) in [4.78, 5) is 50.2. The van der Waals surface area contributed by atoms with Crippen molar-refractivity contribution in [1.29, 1.82) is 0 Å². The van der Waals surface area contributed by atoms with Crippen molar-refractivity contribution < 1.29 is 32.7 Å². The monoisotopic (exact) mass is 844 g/mol. The molecule has 15 nitrogen and oxygen atoms in total. The Kier molecular flexibility index (Phi) is 13.5. The molecular weight excluding hydrogens is 795 g/mol. The number of carbonyl (C=O) groups is 3. The van der Waals surface area contributed by atoms with Gasteiger partial charge in [0.15, 0.2) is 5.82 Å². The first kappa shape index (κ1) is 42.1. The molecular formula is C42H50ClN8O7P. The van der Waals surface area contributed by atoms with E-state index in [9.17, 15) is 18.9 Å². The summed E-state index contributed by atoms with van der Waals surface area (Å²) >= 11 is 6.47. The number of halogens is 1. The second-order valence-electron chi connectivity index (χ2n) is 14.8. The molecule has 0 saturated carbocycles. The second-order valence-corrected chi connectivity index (χ2v) is 17.4. The first-order chi connectivity index (χ1) is 28.6. The van der Waals surface area contributed by atoms with Crippen LogP contribution in [0.3, 0.4) is 0 Å². The molecule has 0 aliphatic carbocycles. The molecule has 2 saturated heterocycles. The number of benzene rings is 3. The lowest BCUT2D eigenvalue weighted by atomic mass is 9.98. The van der Waals surface area contributed by atoms with E-state index in [1.54, 1.807) is 36.3 Å². The highest BCUT2D eigenvalue weighted by Crippen LogP contribution is 2.47. The Hall–Kier alpha value is -5.05. The SMILES string of the molecule is COc1cc(N2CCC(NCCCCCc3cccc4c3CN(C3CCC(=O)NC3=O)C4=O)CC2)ccc1Nc1ncc(Cl)c(Nc2ccccc2P(=O)(OC)OC)n1. The summed E-state index contributed by atoms with van der Waals surface area (Å²) in [6.45, 7) is 3.19. The molecule has 3 aliphatic rings. The minimum absolute atomic E-state index is 0.127. The topological polar surface area (TPSA) is 176 Å². The molecule has 17 heteroatoms. The summed E-state index contributed by atoms with van der Waals surface area (Å²) in [6, 6.07) is 18.6. The molecule has 1 aromatic heterocycles. The van der Waals surface area contributed by atoms with E-state index in [2.05, 4.69) is 48.3 Å². The Balaban J connectivity index is 0.862. The van der Waals surface area contributed by atoms with Gasteiger partial charge >= 0.3 is 7.60 Å². The lowest BCUT2D eigenvalue weighted by Gasteiger charge is -2.34. The number of anilines is 5. The maximum absolute atomic E-state index is 13.2. The van der Waals surface area contributed by atoms with Crippen molar-refractivity contribution >= 4 is 71.1 Å². The zero-order chi connectivity index (χ0) is 41.5. The summed E-state index contributed by atoms with van der Waals surface area (Å²) in [6.07, 6.45) is 8.18. The quantitative estimate of drug-likeness (QED) is 0.0518. The van der Waals surface area contributed by atoms with Crippen LogP contribution in [0.15, 0.2) is 66.9 Å². The van der Waals surface area contributed by atoms with Crippen molar-refractivity contribution in [2.24, 2.45) is 0 Å². The van der Waals surface area contributed by atoms with Crippen LogP contribution in [-0.4, -0.2) is 85.6 Å². The van der Waals surface area contributed by atoms with Gasteiger partial charge in [-0.15, -0.1) is 0 Å². The van der Waals surface area contributed by atoms with Crippen LogP contribution >= 0.6 is 19.2 Å². The van der Waals surface area contributed by atoms with Gasteiger partial charge in [-0.3, -0.25) is 24.3 Å². The number of ether oxygens (including phenoxy) is 1. The maximum atomic E-state index is 13.2. The number of hydrogen-bond donors (Lipinski definition) is 4. The number of hydrogen-bond acceptors (Lipinski definition) is 13. The van der Waals surface area contributed by atoms with E-state index in [4.69, 9.17) is 25.4 Å². The highest BCUT2D eigenvalue weighted by atomic mass is 35.5. The van der Waals surface area contributed by atoms with Gasteiger partial charge in [-0.1, -0.05) is 42.3 Å². The van der Waals surface area contributed by atoms with Gasteiger partial charge in [0.2, 0.25) is 17.8 Å². The largest absolute Gasteiger partial charge is 0.494 e. The number of rotatable bonds is 17. The fraction of sp³-hybridized carbons (Fsp3) is 0.405. The van der Waals surface area contributed by atoms with Crippen LogP contribution in [0.1, 0.15) is 66.4 Å². The molecule has 1 atom stereocenters. The van der Waals surface area contributed by atoms with E-state index in [0.29, 0.717) is 52.8 Å². The molecule has 2 fully saturated rings. The Morgan fingerprint density at radius 2 is 1.71 bits per heavy atom. The first-order valence-corrected chi connectivity index (χ1v) is 21.8. The number of aromatic nitrogens is 2. The Morgan fingerprint density at radius 1 is 0.915 bits per heavy atom. The van der Waals surface area contributed by atoms with E-state index >= 15 is 0 Å². The van der Waals surface area contributed by atoms with Gasteiger partial charge in [0, 0.05) is 63.6 Å². The molecule has 3 aliphatic heterocycles. The van der Waals surface area contributed by atoms with Gasteiger partial charge in [-0.2, -0.15) is 4.98 Å². The number of nitrogens with one attached hydrogen (secondary N) is 4. The Bertz CT molecular complexity index is 2230. The third-order valence-corrected chi connectivity index (χ3v) is 13.4. The van der Waals surface area contributed by atoms with Crippen LogP contribution in [0.25, 0.3) is 0 Å².